The molecule has 2 heterocycles. The SMILES string of the molecule is O=C(C1CCCCC1)N1CCC[C@@H]1c1ncc(Cc2ccccc2F)o1. The van der Waals surface area contributed by atoms with Gasteiger partial charge < -0.3 is 9.32 Å². The Kier molecular flexibility index (Phi) is 5.05. The molecule has 0 unspecified atom stereocenters. The quantitative estimate of drug-likeness (QED) is 0.801. The first-order valence-corrected chi connectivity index (χ1v) is 9.71. The third-order valence-corrected chi connectivity index (χ3v) is 5.67. The highest BCUT2D eigenvalue weighted by atomic mass is 19.1. The molecular formula is C21H25FN2O2. The lowest BCUT2D eigenvalue weighted by molar-refractivity contribution is -0.138. The third kappa shape index (κ3) is 3.53. The van der Waals surface area contributed by atoms with Crippen LogP contribution >= 0.6 is 0 Å². The Morgan fingerprint density at radius 2 is 1.96 bits per heavy atom. The van der Waals surface area contributed by atoms with E-state index in [2.05, 4.69) is 4.98 Å². The minimum atomic E-state index is -0.236. The van der Waals surface area contributed by atoms with E-state index in [0.29, 0.717) is 23.6 Å². The Morgan fingerprint density at radius 3 is 2.77 bits per heavy atom. The summed E-state index contributed by atoms with van der Waals surface area (Å²) in [7, 11) is 0. The van der Waals surface area contributed by atoms with E-state index in [1.807, 2.05) is 11.0 Å². The van der Waals surface area contributed by atoms with E-state index in [1.54, 1.807) is 18.3 Å². The summed E-state index contributed by atoms with van der Waals surface area (Å²) in [5, 5.41) is 0. The summed E-state index contributed by atoms with van der Waals surface area (Å²) in [5.41, 5.74) is 0.594. The van der Waals surface area contributed by atoms with Gasteiger partial charge in [0, 0.05) is 18.9 Å². The zero-order valence-corrected chi connectivity index (χ0v) is 15.0. The molecular weight excluding hydrogens is 331 g/mol. The number of hydrogen-bond donors (Lipinski definition) is 0. The maximum Gasteiger partial charge on any atom is 0.226 e. The van der Waals surface area contributed by atoms with Crippen molar-refractivity contribution in [2.45, 2.75) is 57.4 Å². The molecule has 1 aromatic carbocycles. The molecule has 2 fully saturated rings. The van der Waals surface area contributed by atoms with E-state index < -0.39 is 0 Å². The molecule has 2 aromatic rings. The molecule has 1 atom stereocenters. The lowest BCUT2D eigenvalue weighted by Gasteiger charge is -2.29. The van der Waals surface area contributed by atoms with Crippen molar-refractivity contribution in [1.82, 2.24) is 9.88 Å². The van der Waals surface area contributed by atoms with E-state index in [-0.39, 0.29) is 23.7 Å². The van der Waals surface area contributed by atoms with Gasteiger partial charge in [-0.3, -0.25) is 4.79 Å². The lowest BCUT2D eigenvalue weighted by Crippen LogP contribution is -2.36. The van der Waals surface area contributed by atoms with Gasteiger partial charge in [-0.2, -0.15) is 0 Å². The second-order valence-corrected chi connectivity index (χ2v) is 7.46. The van der Waals surface area contributed by atoms with Crippen molar-refractivity contribution in [3.05, 3.63) is 53.5 Å². The van der Waals surface area contributed by atoms with Crippen LogP contribution in [0.5, 0.6) is 0 Å². The van der Waals surface area contributed by atoms with Crippen molar-refractivity contribution >= 4 is 5.91 Å². The van der Waals surface area contributed by atoms with Crippen LogP contribution in [0.25, 0.3) is 0 Å². The van der Waals surface area contributed by atoms with Gasteiger partial charge in [-0.1, -0.05) is 37.5 Å². The highest BCUT2D eigenvalue weighted by Gasteiger charge is 2.36. The number of oxazole rings is 1. The van der Waals surface area contributed by atoms with Crippen LogP contribution in [0.3, 0.4) is 0 Å². The van der Waals surface area contributed by atoms with Gasteiger partial charge in [0.25, 0.3) is 0 Å². The van der Waals surface area contributed by atoms with Gasteiger partial charge in [-0.05, 0) is 37.3 Å². The zero-order chi connectivity index (χ0) is 17.9. The minimum absolute atomic E-state index is 0.0706. The summed E-state index contributed by atoms with van der Waals surface area (Å²) in [6.07, 6.45) is 9.48. The smallest absolute Gasteiger partial charge is 0.226 e. The predicted molar refractivity (Wildman–Crippen MR) is 96.0 cm³/mol. The molecule has 1 amide bonds. The molecule has 0 bridgehead atoms. The molecule has 1 saturated heterocycles. The van der Waals surface area contributed by atoms with Crippen molar-refractivity contribution in [2.75, 3.05) is 6.54 Å². The summed E-state index contributed by atoms with van der Waals surface area (Å²) in [5.74, 6) is 1.43. The molecule has 1 aliphatic heterocycles. The highest BCUT2D eigenvalue weighted by molar-refractivity contribution is 5.79. The number of amides is 1. The second-order valence-electron chi connectivity index (χ2n) is 7.46. The number of carbonyl (C=O) groups excluding carboxylic acids is 1. The number of nitrogens with zero attached hydrogens (tertiary/aromatic N) is 2. The molecule has 1 saturated carbocycles. The molecule has 0 spiro atoms. The topological polar surface area (TPSA) is 46.3 Å². The van der Waals surface area contributed by atoms with Crippen LogP contribution in [-0.2, 0) is 11.2 Å². The third-order valence-electron chi connectivity index (χ3n) is 5.67. The van der Waals surface area contributed by atoms with Crippen LogP contribution in [-0.4, -0.2) is 22.3 Å². The van der Waals surface area contributed by atoms with Crippen molar-refractivity contribution in [2.24, 2.45) is 5.92 Å². The van der Waals surface area contributed by atoms with Crippen LogP contribution in [0.4, 0.5) is 4.39 Å². The maximum absolute atomic E-state index is 13.8. The fourth-order valence-corrected chi connectivity index (χ4v) is 4.26. The Bertz CT molecular complexity index is 767. The molecule has 4 rings (SSSR count). The molecule has 138 valence electrons. The van der Waals surface area contributed by atoms with E-state index in [0.717, 1.165) is 45.1 Å². The molecule has 1 aliphatic carbocycles. The monoisotopic (exact) mass is 356 g/mol. The van der Waals surface area contributed by atoms with Crippen LogP contribution in [0.2, 0.25) is 0 Å². The normalized spacial score (nSPS) is 21.3. The van der Waals surface area contributed by atoms with E-state index in [9.17, 15) is 9.18 Å². The maximum atomic E-state index is 13.8. The largest absolute Gasteiger partial charge is 0.443 e. The number of rotatable bonds is 4. The number of likely N-dealkylation sites (tertiary alicyclic amines) is 1. The van der Waals surface area contributed by atoms with Crippen LogP contribution in [0, 0.1) is 11.7 Å². The number of aromatic nitrogens is 1. The van der Waals surface area contributed by atoms with E-state index in [1.165, 1.54) is 12.5 Å². The van der Waals surface area contributed by atoms with Crippen molar-refractivity contribution in [3.63, 3.8) is 0 Å². The van der Waals surface area contributed by atoms with Crippen molar-refractivity contribution in [1.29, 1.82) is 0 Å². The van der Waals surface area contributed by atoms with E-state index >= 15 is 0 Å². The Labute approximate surface area is 153 Å². The van der Waals surface area contributed by atoms with Crippen LogP contribution in [0.1, 0.15) is 68.2 Å². The van der Waals surface area contributed by atoms with Gasteiger partial charge in [0.15, 0.2) is 0 Å². The van der Waals surface area contributed by atoms with Crippen molar-refractivity contribution in [3.8, 4) is 0 Å². The molecule has 1 aromatic heterocycles. The van der Waals surface area contributed by atoms with Crippen LogP contribution in [0.15, 0.2) is 34.9 Å². The lowest BCUT2D eigenvalue weighted by atomic mass is 9.88. The van der Waals surface area contributed by atoms with Gasteiger partial charge in [0.05, 0.1) is 6.20 Å². The second kappa shape index (κ2) is 7.60. The van der Waals surface area contributed by atoms with Gasteiger partial charge >= 0.3 is 0 Å². The van der Waals surface area contributed by atoms with Gasteiger partial charge in [0.1, 0.15) is 17.6 Å². The standard InChI is InChI=1S/C21H25FN2O2/c22-18-10-5-4-9-16(18)13-17-14-23-20(26-17)19-11-6-12-24(19)21(25)15-7-2-1-3-8-15/h4-5,9-10,14-15,19H,1-3,6-8,11-13H2/t19-/m1/s1. The number of carbonyl (C=O) groups is 1. The zero-order valence-electron chi connectivity index (χ0n) is 15.0. The summed E-state index contributed by atoms with van der Waals surface area (Å²) in [6, 6.07) is 6.63. The molecule has 0 N–H and O–H groups in total. The summed E-state index contributed by atoms with van der Waals surface area (Å²) >= 11 is 0. The van der Waals surface area contributed by atoms with Gasteiger partial charge in [0.2, 0.25) is 11.8 Å². The summed E-state index contributed by atoms with van der Waals surface area (Å²) < 4.78 is 19.8. The fourth-order valence-electron chi connectivity index (χ4n) is 4.26. The van der Waals surface area contributed by atoms with Crippen LogP contribution < -0.4 is 0 Å². The van der Waals surface area contributed by atoms with Crippen molar-refractivity contribution < 1.29 is 13.6 Å². The first-order valence-electron chi connectivity index (χ1n) is 9.71. The molecule has 2 aliphatic rings. The molecule has 26 heavy (non-hydrogen) atoms. The first kappa shape index (κ1) is 17.3. The first-order chi connectivity index (χ1) is 12.7. The molecule has 5 heteroatoms. The fraction of sp³-hybridized carbons (Fsp3) is 0.524. The Morgan fingerprint density at radius 1 is 1.15 bits per heavy atom. The summed E-state index contributed by atoms with van der Waals surface area (Å²) in [4.78, 5) is 19.3. The molecule has 0 radical (unpaired) electrons. The Hall–Kier alpha value is -2.17. The minimum Gasteiger partial charge on any atom is -0.443 e. The average Bonchev–Trinajstić information content (AvgIpc) is 3.33. The van der Waals surface area contributed by atoms with Gasteiger partial charge in [-0.15, -0.1) is 0 Å². The number of hydrogen-bond acceptors (Lipinski definition) is 3. The highest BCUT2D eigenvalue weighted by Crippen LogP contribution is 2.35. The number of benzene rings is 1. The molecule has 4 nitrogen and oxygen atoms in total. The predicted octanol–water partition coefficient (Wildman–Crippen LogP) is 4.65. The van der Waals surface area contributed by atoms with E-state index in [4.69, 9.17) is 4.42 Å². The summed E-state index contributed by atoms with van der Waals surface area (Å²) in [6.45, 7) is 0.783. The van der Waals surface area contributed by atoms with Gasteiger partial charge in [-0.25, -0.2) is 9.37 Å². The Balaban J connectivity index is 1.47. The number of halogens is 1. The average molecular weight is 356 g/mol.